The van der Waals surface area contributed by atoms with Crippen molar-refractivity contribution < 1.29 is 45.4 Å². The zero-order valence-corrected chi connectivity index (χ0v) is 22.8. The highest BCUT2D eigenvalue weighted by molar-refractivity contribution is 5.77. The van der Waals surface area contributed by atoms with Crippen LogP contribution in [-0.4, -0.2) is 75.9 Å². The van der Waals surface area contributed by atoms with E-state index in [1.165, 1.54) is 30.1 Å². The Morgan fingerprint density at radius 3 is 2.35 bits per heavy atom. The second kappa shape index (κ2) is 10.9. The fourth-order valence-corrected chi connectivity index (χ4v) is 4.10. The number of alkyl carbamates (subject to hydrolysis) is 1. The molecule has 3 atom stereocenters. The Morgan fingerprint density at radius 1 is 1.18 bits per heavy atom. The lowest BCUT2D eigenvalue weighted by atomic mass is 9.84. The molecule has 0 bridgehead atoms. The van der Waals surface area contributed by atoms with Gasteiger partial charge in [-0.1, -0.05) is 13.8 Å². The highest BCUT2D eigenvalue weighted by Crippen LogP contribution is 2.44. The van der Waals surface area contributed by atoms with E-state index in [0.717, 1.165) is 18.7 Å². The van der Waals surface area contributed by atoms with Crippen LogP contribution in [0, 0.1) is 5.41 Å². The molecular formula is C24H32F6N6O4. The van der Waals surface area contributed by atoms with E-state index in [0.29, 0.717) is 0 Å². The fraction of sp³-hybridized carbons (Fsp3) is 0.667. The number of carbonyl (C=O) groups is 2. The van der Waals surface area contributed by atoms with Crippen molar-refractivity contribution in [2.24, 2.45) is 5.41 Å². The second-order valence-electron chi connectivity index (χ2n) is 11.2. The van der Waals surface area contributed by atoms with Crippen molar-refractivity contribution >= 4 is 17.8 Å². The van der Waals surface area contributed by atoms with Gasteiger partial charge in [-0.25, -0.2) is 19.1 Å². The zero-order chi connectivity index (χ0) is 30.3. The third kappa shape index (κ3) is 7.26. The van der Waals surface area contributed by atoms with Gasteiger partial charge in [-0.3, -0.25) is 0 Å². The molecule has 1 fully saturated rings. The first kappa shape index (κ1) is 31.2. The van der Waals surface area contributed by atoms with Crippen molar-refractivity contribution in [3.05, 3.63) is 29.7 Å². The average molecular weight is 583 g/mol. The van der Waals surface area contributed by atoms with Crippen LogP contribution in [0.2, 0.25) is 0 Å². The molecular weight excluding hydrogens is 550 g/mol. The number of alkyl halides is 6. The number of hydrogen-bond donors (Lipinski definition) is 2. The molecule has 1 aliphatic rings. The SMILES string of the molecule is COC[C@H](c1cnn2cc([C@H](CC(C)(C)C(F)(F)F)NC(=O)OC(C)(C)C)nc2c1)N1C[C@@H](C(F)(F)F)NC1=O. The fourth-order valence-electron chi connectivity index (χ4n) is 4.10. The minimum Gasteiger partial charge on any atom is -0.444 e. The minimum absolute atomic E-state index is 0.0483. The van der Waals surface area contributed by atoms with Gasteiger partial charge in [-0.05, 0) is 33.3 Å². The van der Waals surface area contributed by atoms with Gasteiger partial charge in [-0.15, -0.1) is 0 Å². The molecule has 0 aliphatic carbocycles. The number of ether oxygens (including phenoxy) is 2. The van der Waals surface area contributed by atoms with Gasteiger partial charge in [-0.2, -0.15) is 31.4 Å². The Morgan fingerprint density at radius 2 is 1.82 bits per heavy atom. The molecule has 3 rings (SSSR count). The average Bonchev–Trinajstić information content (AvgIpc) is 3.38. The van der Waals surface area contributed by atoms with Gasteiger partial charge >= 0.3 is 24.5 Å². The quantitative estimate of drug-likeness (QED) is 0.428. The first-order valence-corrected chi connectivity index (χ1v) is 12.3. The number of urea groups is 1. The number of halogens is 6. The summed E-state index contributed by atoms with van der Waals surface area (Å²) in [5.74, 6) is 0. The lowest BCUT2D eigenvalue weighted by molar-refractivity contribution is -0.215. The van der Waals surface area contributed by atoms with Crippen molar-refractivity contribution in [2.75, 3.05) is 20.3 Å². The monoisotopic (exact) mass is 582 g/mol. The Bertz CT molecular complexity index is 1220. The largest absolute Gasteiger partial charge is 0.444 e. The number of fused-ring (bicyclic) bond motifs is 1. The molecule has 224 valence electrons. The van der Waals surface area contributed by atoms with Crippen LogP contribution in [0.25, 0.3) is 5.65 Å². The Balaban J connectivity index is 1.96. The molecule has 0 unspecified atom stereocenters. The van der Waals surface area contributed by atoms with Gasteiger partial charge in [0.15, 0.2) is 5.65 Å². The van der Waals surface area contributed by atoms with Gasteiger partial charge in [0, 0.05) is 12.7 Å². The van der Waals surface area contributed by atoms with Crippen molar-refractivity contribution in [3.63, 3.8) is 0 Å². The van der Waals surface area contributed by atoms with Crippen LogP contribution >= 0.6 is 0 Å². The lowest BCUT2D eigenvalue weighted by Gasteiger charge is -2.32. The second-order valence-corrected chi connectivity index (χ2v) is 11.2. The molecule has 0 aromatic carbocycles. The number of amides is 3. The van der Waals surface area contributed by atoms with Crippen LogP contribution < -0.4 is 10.6 Å². The van der Waals surface area contributed by atoms with Crippen molar-refractivity contribution in [1.82, 2.24) is 30.1 Å². The molecule has 16 heteroatoms. The summed E-state index contributed by atoms with van der Waals surface area (Å²) in [6, 6.07) is -3.76. The predicted octanol–water partition coefficient (Wildman–Crippen LogP) is 4.92. The van der Waals surface area contributed by atoms with Gasteiger partial charge in [0.25, 0.3) is 0 Å². The van der Waals surface area contributed by atoms with E-state index in [1.54, 1.807) is 20.8 Å². The Labute approximate surface area is 226 Å². The molecule has 2 aromatic rings. The highest BCUT2D eigenvalue weighted by Gasteiger charge is 2.50. The van der Waals surface area contributed by atoms with Gasteiger partial charge in [0.1, 0.15) is 11.6 Å². The van der Waals surface area contributed by atoms with Crippen molar-refractivity contribution in [2.45, 2.75) is 77.1 Å². The van der Waals surface area contributed by atoms with Crippen LogP contribution in [0.5, 0.6) is 0 Å². The van der Waals surface area contributed by atoms with Crippen LogP contribution in [0.4, 0.5) is 35.9 Å². The van der Waals surface area contributed by atoms with E-state index >= 15 is 0 Å². The number of nitrogens with one attached hydrogen (secondary N) is 2. The van der Waals surface area contributed by atoms with Crippen LogP contribution in [-0.2, 0) is 9.47 Å². The maximum absolute atomic E-state index is 13.7. The number of aromatic nitrogens is 3. The smallest absolute Gasteiger partial charge is 0.410 e. The van der Waals surface area contributed by atoms with Crippen LogP contribution in [0.15, 0.2) is 18.5 Å². The van der Waals surface area contributed by atoms with Crippen molar-refractivity contribution in [3.8, 4) is 0 Å². The third-order valence-electron chi connectivity index (χ3n) is 6.31. The van der Waals surface area contributed by atoms with Crippen LogP contribution in [0.1, 0.15) is 64.4 Å². The molecule has 10 nitrogen and oxygen atoms in total. The van der Waals surface area contributed by atoms with E-state index in [9.17, 15) is 35.9 Å². The first-order chi connectivity index (χ1) is 18.2. The maximum Gasteiger partial charge on any atom is 0.410 e. The van der Waals surface area contributed by atoms with E-state index in [-0.39, 0.29) is 23.5 Å². The molecule has 2 N–H and O–H groups in total. The molecule has 0 radical (unpaired) electrons. The predicted molar refractivity (Wildman–Crippen MR) is 129 cm³/mol. The molecule has 0 spiro atoms. The summed E-state index contributed by atoms with van der Waals surface area (Å²) in [4.78, 5) is 30.2. The number of methoxy groups -OCH3 is 1. The Kier molecular flexibility index (Phi) is 8.54. The highest BCUT2D eigenvalue weighted by atomic mass is 19.4. The van der Waals surface area contributed by atoms with E-state index in [2.05, 4.69) is 15.4 Å². The van der Waals surface area contributed by atoms with Crippen molar-refractivity contribution in [1.29, 1.82) is 0 Å². The normalized spacial score (nSPS) is 18.6. The number of rotatable bonds is 8. The molecule has 3 heterocycles. The van der Waals surface area contributed by atoms with E-state index < -0.39 is 66.6 Å². The zero-order valence-electron chi connectivity index (χ0n) is 22.8. The first-order valence-electron chi connectivity index (χ1n) is 12.3. The summed E-state index contributed by atoms with van der Waals surface area (Å²) in [5.41, 5.74) is -2.67. The molecule has 0 saturated carbocycles. The van der Waals surface area contributed by atoms with Crippen LogP contribution in [0.3, 0.4) is 0 Å². The maximum atomic E-state index is 13.7. The summed E-state index contributed by atoms with van der Waals surface area (Å²) < 4.78 is 92.4. The number of carbonyl (C=O) groups excluding carboxylic acids is 2. The summed E-state index contributed by atoms with van der Waals surface area (Å²) in [6.07, 6.45) is -8.13. The molecule has 3 amide bonds. The molecule has 40 heavy (non-hydrogen) atoms. The minimum atomic E-state index is -4.65. The van der Waals surface area contributed by atoms with Gasteiger partial charge in [0.2, 0.25) is 0 Å². The lowest BCUT2D eigenvalue weighted by Crippen LogP contribution is -2.40. The number of imidazole rings is 1. The molecule has 1 saturated heterocycles. The summed E-state index contributed by atoms with van der Waals surface area (Å²) >= 11 is 0. The third-order valence-corrected chi connectivity index (χ3v) is 6.31. The molecule has 1 aliphatic heterocycles. The topological polar surface area (TPSA) is 110 Å². The van der Waals surface area contributed by atoms with Gasteiger partial charge < -0.3 is 25.0 Å². The van der Waals surface area contributed by atoms with Gasteiger partial charge in [0.05, 0.1) is 48.7 Å². The number of nitrogens with zero attached hydrogens (tertiary/aromatic N) is 4. The summed E-state index contributed by atoms with van der Waals surface area (Å²) in [5, 5.41) is 8.54. The summed E-state index contributed by atoms with van der Waals surface area (Å²) in [6.45, 7) is 5.98. The van der Waals surface area contributed by atoms with E-state index in [1.807, 2.05) is 5.32 Å². The summed E-state index contributed by atoms with van der Waals surface area (Å²) in [7, 11) is 1.32. The van der Waals surface area contributed by atoms with E-state index in [4.69, 9.17) is 9.47 Å². The molecule has 2 aromatic heterocycles. The Hall–Kier alpha value is -3.30. The standard InChI is InChI=1S/C24H32F6N6O4/c1-21(2,3)40-20(38)33-14(8-22(4,5)24(28,29)30)15-10-36-18(32-15)7-13(9-31-36)16(12-39-6)35-11-17(23(25,26)27)34-19(35)37/h7,9-10,14,16-17H,8,11-12H2,1-6H3,(H,33,38)(H,34,37)/t14-,16+,17-/m0/s1. The number of hydrogen-bond acceptors (Lipinski definition) is 6.